The summed E-state index contributed by atoms with van der Waals surface area (Å²) in [4.78, 5) is 12.0. The van der Waals surface area contributed by atoms with Crippen molar-refractivity contribution in [2.75, 3.05) is 11.9 Å². The number of carbonyl (C=O) groups excluding carboxylic acids is 1. The monoisotopic (exact) mass is 345 g/mol. The minimum atomic E-state index is -0.267. The Morgan fingerprint density at radius 3 is 2.57 bits per heavy atom. The largest absolute Gasteiger partial charge is 0.482 e. The van der Waals surface area contributed by atoms with E-state index in [9.17, 15) is 4.79 Å². The lowest BCUT2D eigenvalue weighted by Gasteiger charge is -2.09. The predicted molar refractivity (Wildman–Crippen MR) is 94.5 cm³/mol. The first-order valence-electron chi connectivity index (χ1n) is 6.98. The van der Waals surface area contributed by atoms with Gasteiger partial charge < -0.3 is 10.1 Å². The number of nitrogens with one attached hydrogen (secondary N) is 1. The number of rotatable bonds is 4. The number of fused-ring (bicyclic) bond motifs is 1. The van der Waals surface area contributed by atoms with Gasteiger partial charge >= 0.3 is 0 Å². The molecule has 0 spiro atoms. The summed E-state index contributed by atoms with van der Waals surface area (Å²) in [5, 5.41) is 5.89. The van der Waals surface area contributed by atoms with E-state index in [1.165, 1.54) is 0 Å². The molecular weight excluding hydrogens is 333 g/mol. The SMILES string of the molecule is O=C(COc1cc(Cl)ccc1Cl)Nc1ccc2ccccc2c1. The molecule has 5 heteroatoms. The molecule has 0 saturated carbocycles. The molecule has 1 amide bonds. The summed E-state index contributed by atoms with van der Waals surface area (Å²) in [6, 6.07) is 18.5. The maximum Gasteiger partial charge on any atom is 0.262 e. The van der Waals surface area contributed by atoms with Gasteiger partial charge in [0.1, 0.15) is 5.75 Å². The van der Waals surface area contributed by atoms with Gasteiger partial charge in [-0.3, -0.25) is 4.79 Å². The van der Waals surface area contributed by atoms with Gasteiger partial charge in [0, 0.05) is 16.8 Å². The fourth-order valence-electron chi connectivity index (χ4n) is 2.20. The molecule has 1 N–H and O–H groups in total. The molecule has 0 fully saturated rings. The number of ether oxygens (including phenoxy) is 1. The van der Waals surface area contributed by atoms with Gasteiger partial charge in [-0.1, -0.05) is 53.5 Å². The number of hydrogen-bond acceptors (Lipinski definition) is 2. The van der Waals surface area contributed by atoms with E-state index in [0.29, 0.717) is 15.8 Å². The van der Waals surface area contributed by atoms with Crippen LogP contribution in [-0.4, -0.2) is 12.5 Å². The highest BCUT2D eigenvalue weighted by Crippen LogP contribution is 2.27. The van der Waals surface area contributed by atoms with Crippen molar-refractivity contribution >= 4 is 45.6 Å². The Kier molecular flexibility index (Phi) is 4.70. The Morgan fingerprint density at radius 2 is 1.74 bits per heavy atom. The van der Waals surface area contributed by atoms with Crippen LogP contribution in [0.15, 0.2) is 60.7 Å². The van der Waals surface area contributed by atoms with Crippen LogP contribution in [0.3, 0.4) is 0 Å². The molecule has 3 aromatic rings. The molecule has 3 nitrogen and oxygen atoms in total. The molecule has 116 valence electrons. The Bertz CT molecular complexity index is 865. The van der Waals surface area contributed by atoms with Gasteiger partial charge in [0.15, 0.2) is 6.61 Å². The number of benzene rings is 3. The van der Waals surface area contributed by atoms with Gasteiger partial charge in [0.2, 0.25) is 0 Å². The molecule has 23 heavy (non-hydrogen) atoms. The van der Waals surface area contributed by atoms with E-state index >= 15 is 0 Å². The van der Waals surface area contributed by atoms with Gasteiger partial charge in [-0.25, -0.2) is 0 Å². The quantitative estimate of drug-likeness (QED) is 0.708. The van der Waals surface area contributed by atoms with E-state index in [4.69, 9.17) is 27.9 Å². The van der Waals surface area contributed by atoms with Crippen molar-refractivity contribution < 1.29 is 9.53 Å². The normalized spacial score (nSPS) is 10.5. The van der Waals surface area contributed by atoms with Crippen LogP contribution < -0.4 is 10.1 Å². The average molecular weight is 346 g/mol. The number of carbonyl (C=O) groups is 1. The fourth-order valence-corrected chi connectivity index (χ4v) is 2.53. The first-order chi connectivity index (χ1) is 11.1. The number of halogens is 2. The Balaban J connectivity index is 1.65. The lowest BCUT2D eigenvalue weighted by molar-refractivity contribution is -0.118. The molecular formula is C18H13Cl2NO2. The van der Waals surface area contributed by atoms with Gasteiger partial charge in [-0.2, -0.15) is 0 Å². The van der Waals surface area contributed by atoms with Crippen molar-refractivity contribution in [3.8, 4) is 5.75 Å². The zero-order valence-corrected chi connectivity index (χ0v) is 13.6. The minimum absolute atomic E-state index is 0.146. The van der Waals surface area contributed by atoms with Crippen LogP contribution in [-0.2, 0) is 4.79 Å². The molecule has 3 aromatic carbocycles. The highest BCUT2D eigenvalue weighted by molar-refractivity contribution is 6.34. The first-order valence-corrected chi connectivity index (χ1v) is 7.74. The zero-order chi connectivity index (χ0) is 16.2. The molecule has 0 atom stereocenters. The van der Waals surface area contributed by atoms with Crippen molar-refractivity contribution in [3.05, 3.63) is 70.7 Å². The minimum Gasteiger partial charge on any atom is -0.482 e. The summed E-state index contributed by atoms with van der Waals surface area (Å²) < 4.78 is 5.41. The van der Waals surface area contributed by atoms with Crippen LogP contribution in [0.5, 0.6) is 5.75 Å². The standard InChI is InChI=1S/C18H13Cl2NO2/c19-14-6-8-16(20)17(10-14)23-11-18(22)21-15-7-5-12-3-1-2-4-13(12)9-15/h1-10H,11H2,(H,21,22). The highest BCUT2D eigenvalue weighted by atomic mass is 35.5. The van der Waals surface area contributed by atoms with Crippen LogP contribution in [0.25, 0.3) is 10.8 Å². The van der Waals surface area contributed by atoms with Crippen molar-refractivity contribution in [1.82, 2.24) is 0 Å². The van der Waals surface area contributed by atoms with Crippen molar-refractivity contribution in [2.45, 2.75) is 0 Å². The van der Waals surface area contributed by atoms with Gasteiger partial charge in [0.25, 0.3) is 5.91 Å². The predicted octanol–water partition coefficient (Wildman–Crippen LogP) is 5.16. The molecule has 0 aliphatic carbocycles. The lowest BCUT2D eigenvalue weighted by atomic mass is 10.1. The molecule has 0 bridgehead atoms. The van der Waals surface area contributed by atoms with E-state index in [2.05, 4.69) is 5.32 Å². The van der Waals surface area contributed by atoms with Crippen LogP contribution in [0.2, 0.25) is 10.0 Å². The topological polar surface area (TPSA) is 38.3 Å². The molecule has 0 aliphatic heterocycles. The first kappa shape index (κ1) is 15.7. The third-order valence-electron chi connectivity index (χ3n) is 3.29. The second kappa shape index (κ2) is 6.90. The second-order valence-corrected chi connectivity index (χ2v) is 5.82. The maximum atomic E-state index is 12.0. The molecule has 0 unspecified atom stereocenters. The van der Waals surface area contributed by atoms with Gasteiger partial charge in [-0.05, 0) is 35.0 Å². The molecule has 0 heterocycles. The highest BCUT2D eigenvalue weighted by Gasteiger charge is 2.07. The zero-order valence-electron chi connectivity index (χ0n) is 12.1. The van der Waals surface area contributed by atoms with Gasteiger partial charge in [-0.15, -0.1) is 0 Å². The van der Waals surface area contributed by atoms with Crippen molar-refractivity contribution in [3.63, 3.8) is 0 Å². The molecule has 0 aliphatic rings. The number of anilines is 1. The number of amides is 1. The summed E-state index contributed by atoms with van der Waals surface area (Å²) in [5.74, 6) is 0.115. The van der Waals surface area contributed by atoms with E-state index in [1.807, 2.05) is 42.5 Å². The van der Waals surface area contributed by atoms with Crippen LogP contribution in [0, 0.1) is 0 Å². The third-order valence-corrected chi connectivity index (χ3v) is 3.83. The van der Waals surface area contributed by atoms with Crippen molar-refractivity contribution in [2.24, 2.45) is 0 Å². The fraction of sp³-hybridized carbons (Fsp3) is 0.0556. The van der Waals surface area contributed by atoms with E-state index in [-0.39, 0.29) is 12.5 Å². The van der Waals surface area contributed by atoms with E-state index in [0.717, 1.165) is 16.5 Å². The lowest BCUT2D eigenvalue weighted by Crippen LogP contribution is -2.20. The summed E-state index contributed by atoms with van der Waals surface area (Å²) >= 11 is 11.9. The summed E-state index contributed by atoms with van der Waals surface area (Å²) in [6.45, 7) is -0.146. The summed E-state index contributed by atoms with van der Waals surface area (Å²) in [5.41, 5.74) is 0.717. The molecule has 0 aromatic heterocycles. The third kappa shape index (κ3) is 3.95. The van der Waals surface area contributed by atoms with Crippen LogP contribution in [0.1, 0.15) is 0 Å². The average Bonchev–Trinajstić information content (AvgIpc) is 2.55. The molecule has 0 radical (unpaired) electrons. The second-order valence-electron chi connectivity index (χ2n) is 4.97. The maximum absolute atomic E-state index is 12.0. The van der Waals surface area contributed by atoms with E-state index in [1.54, 1.807) is 18.2 Å². The Labute approximate surface area is 143 Å². The van der Waals surface area contributed by atoms with E-state index < -0.39 is 0 Å². The summed E-state index contributed by atoms with van der Waals surface area (Å²) in [6.07, 6.45) is 0. The molecule has 0 saturated heterocycles. The number of hydrogen-bond donors (Lipinski definition) is 1. The van der Waals surface area contributed by atoms with Crippen LogP contribution in [0.4, 0.5) is 5.69 Å². The van der Waals surface area contributed by atoms with Crippen molar-refractivity contribution in [1.29, 1.82) is 0 Å². The Morgan fingerprint density at radius 1 is 0.957 bits per heavy atom. The summed E-state index contributed by atoms with van der Waals surface area (Å²) in [7, 11) is 0. The molecule has 3 rings (SSSR count). The smallest absolute Gasteiger partial charge is 0.262 e. The van der Waals surface area contributed by atoms with Crippen LogP contribution >= 0.6 is 23.2 Å². The Hall–Kier alpha value is -2.23. The van der Waals surface area contributed by atoms with Gasteiger partial charge in [0.05, 0.1) is 5.02 Å².